The zero-order valence-corrected chi connectivity index (χ0v) is 29.4. The molecule has 1 aromatic carbocycles. The predicted octanol–water partition coefficient (Wildman–Crippen LogP) is 1.23. The highest BCUT2D eigenvalue weighted by Crippen LogP contribution is 2.80. The molecule has 262 valence electrons. The third-order valence-corrected chi connectivity index (χ3v) is 13.2. The van der Waals surface area contributed by atoms with Crippen molar-refractivity contribution in [2.75, 3.05) is 48.1 Å². The van der Waals surface area contributed by atoms with Crippen LogP contribution in [0.25, 0.3) is 0 Å². The van der Waals surface area contributed by atoms with Crippen LogP contribution < -0.4 is 0 Å². The summed E-state index contributed by atoms with van der Waals surface area (Å²) in [6, 6.07) is 8.18. The molecule has 1 aliphatic heterocycles. The molecule has 12 nitrogen and oxygen atoms in total. The summed E-state index contributed by atoms with van der Waals surface area (Å²) in [4.78, 5) is 29.3. The summed E-state index contributed by atoms with van der Waals surface area (Å²) in [7, 11) is 6.27. The average molecular weight is 727 g/mol. The van der Waals surface area contributed by atoms with E-state index >= 15 is 0 Å². The van der Waals surface area contributed by atoms with Crippen LogP contribution in [0.4, 0.5) is 0 Å². The van der Waals surface area contributed by atoms with Gasteiger partial charge in [-0.15, -0.1) is 17.0 Å². The molecule has 1 heterocycles. The Hall–Kier alpha value is -1.68. The zero-order chi connectivity index (χ0) is 33.0. The number of hydrogen-bond acceptors (Lipinski definition) is 12. The Morgan fingerprint density at radius 3 is 2.28 bits per heavy atom. The molecule has 47 heavy (non-hydrogen) atoms. The highest BCUT2D eigenvalue weighted by atomic mass is 79.9. The maximum atomic E-state index is 13.8. The first-order valence-corrected chi connectivity index (χ1v) is 16.3. The van der Waals surface area contributed by atoms with Crippen LogP contribution in [0.5, 0.6) is 0 Å². The van der Waals surface area contributed by atoms with E-state index in [1.165, 1.54) is 14.0 Å². The largest absolute Gasteiger partial charge is 0.455 e. The third-order valence-electron chi connectivity index (χ3n) is 13.2. The van der Waals surface area contributed by atoms with Gasteiger partial charge in [-0.3, -0.25) is 9.69 Å². The summed E-state index contributed by atoms with van der Waals surface area (Å²) in [6.07, 6.45) is -5.49. The van der Waals surface area contributed by atoms with Gasteiger partial charge in [0.15, 0.2) is 5.60 Å². The van der Waals surface area contributed by atoms with Crippen LogP contribution in [-0.4, -0.2) is 134 Å². The maximum Gasteiger partial charge on any atom is 0.338 e. The highest BCUT2D eigenvalue weighted by molar-refractivity contribution is 8.93. The van der Waals surface area contributed by atoms with Crippen LogP contribution in [0, 0.1) is 34.5 Å². The molecule has 7 bridgehead atoms. The van der Waals surface area contributed by atoms with Crippen molar-refractivity contribution in [1.29, 1.82) is 0 Å². The van der Waals surface area contributed by atoms with Gasteiger partial charge in [0, 0.05) is 83.0 Å². The van der Waals surface area contributed by atoms with E-state index in [-0.39, 0.29) is 42.0 Å². The second-order valence-corrected chi connectivity index (χ2v) is 14.4. The molecule has 15 atom stereocenters. The molecular weight excluding hydrogens is 678 g/mol. The Labute approximate surface area is 285 Å². The van der Waals surface area contributed by atoms with Crippen molar-refractivity contribution in [3.05, 3.63) is 35.9 Å². The van der Waals surface area contributed by atoms with E-state index in [9.17, 15) is 24.9 Å². The summed E-state index contributed by atoms with van der Waals surface area (Å²) in [5.41, 5.74) is -4.79. The van der Waals surface area contributed by atoms with Crippen molar-refractivity contribution < 1.29 is 53.3 Å². The second kappa shape index (κ2) is 12.0. The first-order chi connectivity index (χ1) is 22.0. The lowest BCUT2D eigenvalue weighted by Gasteiger charge is -2.70. The van der Waals surface area contributed by atoms with Gasteiger partial charge < -0.3 is 43.7 Å². The normalized spacial score (nSPS) is 48.8. The fourth-order valence-corrected chi connectivity index (χ4v) is 12.3. The van der Waals surface area contributed by atoms with Gasteiger partial charge >= 0.3 is 11.9 Å². The number of ether oxygens (including phenoxy) is 6. The number of nitrogens with zero attached hydrogens (tertiary/aromatic N) is 1. The lowest BCUT2D eigenvalue weighted by Crippen LogP contribution is -2.81. The lowest BCUT2D eigenvalue weighted by atomic mass is 9.42. The third kappa shape index (κ3) is 4.09. The standard InChI is InChI=1S/C34H47NO11.BrH/c1-7-35-15-31(16-41-3)20(37)13-21(42-4)33-19-14-32(40)28(45-30(39)18-11-9-8-10-12-18)22(19)34(46-17(2)36,27(38)29(32)44-6)23(26(33)35)24(43-5)25(31)33;/h8-12,19-29,37-38,40H,7,13-16H2,1-6H3;1H/t19-,20?,21?,22-,23?,24?,25-,26-,27?,28?,29?,31?,32+,33?,34-;/m1./s1. The molecular formula is C34H48BrNO11. The van der Waals surface area contributed by atoms with Crippen LogP contribution >= 0.6 is 17.0 Å². The van der Waals surface area contributed by atoms with Crippen LogP contribution in [-0.2, 0) is 33.2 Å². The first-order valence-electron chi connectivity index (χ1n) is 16.3. The van der Waals surface area contributed by atoms with Gasteiger partial charge in [-0.05, 0) is 31.0 Å². The predicted molar refractivity (Wildman–Crippen MR) is 171 cm³/mol. The Balaban J connectivity index is 0.00000386. The summed E-state index contributed by atoms with van der Waals surface area (Å²) < 4.78 is 37.4. The number of halogens is 1. The van der Waals surface area contributed by atoms with Gasteiger partial charge in [0.1, 0.15) is 23.9 Å². The van der Waals surface area contributed by atoms with E-state index < -0.39 is 88.3 Å². The van der Waals surface area contributed by atoms with Crippen LogP contribution in [0.1, 0.15) is 37.0 Å². The van der Waals surface area contributed by atoms with Gasteiger partial charge in [0.2, 0.25) is 0 Å². The van der Waals surface area contributed by atoms with Crippen molar-refractivity contribution in [3.63, 3.8) is 0 Å². The fraction of sp³-hybridized carbons (Fsp3) is 0.765. The van der Waals surface area contributed by atoms with E-state index in [1.54, 1.807) is 51.7 Å². The lowest BCUT2D eigenvalue weighted by molar-refractivity contribution is -0.322. The van der Waals surface area contributed by atoms with Crippen molar-refractivity contribution in [3.8, 4) is 0 Å². The summed E-state index contributed by atoms with van der Waals surface area (Å²) in [5.74, 6) is -3.65. The number of carbonyl (C=O) groups is 2. The van der Waals surface area contributed by atoms with E-state index in [0.717, 1.165) is 0 Å². The second-order valence-electron chi connectivity index (χ2n) is 14.4. The summed E-state index contributed by atoms with van der Waals surface area (Å²) >= 11 is 0. The molecule has 9 unspecified atom stereocenters. The number of piperidine rings is 1. The SMILES string of the molecule is Br.CCN1CC2(COC)C(O)CC(OC)C34[C@@H]5C[C@@]6(O)C(OC)C(O)[C@](OC(C)=O)(C(C(OC)[C@H]23)[C@@H]14)[C@H]5C6OC(=O)c1ccccc1. The maximum absolute atomic E-state index is 13.8. The first kappa shape index (κ1) is 35.2. The average Bonchev–Trinajstić information content (AvgIpc) is 3.41. The Bertz CT molecular complexity index is 1370. The van der Waals surface area contributed by atoms with E-state index in [1.807, 2.05) is 6.92 Å². The van der Waals surface area contributed by atoms with E-state index in [2.05, 4.69) is 4.90 Å². The number of aliphatic hydroxyl groups excluding tert-OH is 2. The topological polar surface area (TPSA) is 153 Å². The smallest absolute Gasteiger partial charge is 0.338 e. The van der Waals surface area contributed by atoms with Crippen LogP contribution in [0.3, 0.4) is 0 Å². The number of benzene rings is 1. The number of methoxy groups -OCH3 is 4. The molecule has 1 spiro atoms. The number of likely N-dealkylation sites (tertiary alicyclic amines) is 1. The van der Waals surface area contributed by atoms with Crippen molar-refractivity contribution in [1.82, 2.24) is 4.90 Å². The molecule has 0 aromatic heterocycles. The molecule has 6 aliphatic rings. The minimum absolute atomic E-state index is 0. The Kier molecular flexibility index (Phi) is 8.96. The molecule has 1 saturated heterocycles. The minimum atomic E-state index is -1.83. The van der Waals surface area contributed by atoms with E-state index in [0.29, 0.717) is 25.1 Å². The molecule has 13 heteroatoms. The van der Waals surface area contributed by atoms with E-state index in [4.69, 9.17) is 28.4 Å². The number of hydrogen-bond donors (Lipinski definition) is 3. The number of rotatable bonds is 9. The summed E-state index contributed by atoms with van der Waals surface area (Å²) in [5, 5.41) is 37.3. The number of aliphatic hydroxyl groups is 3. The quantitative estimate of drug-likeness (QED) is 0.314. The van der Waals surface area contributed by atoms with Gasteiger partial charge in [0.05, 0.1) is 30.5 Å². The van der Waals surface area contributed by atoms with Crippen molar-refractivity contribution in [2.24, 2.45) is 34.5 Å². The molecule has 6 fully saturated rings. The molecule has 5 aliphatic carbocycles. The highest BCUT2D eigenvalue weighted by Gasteiger charge is 2.92. The van der Waals surface area contributed by atoms with Crippen LogP contribution in [0.2, 0.25) is 0 Å². The van der Waals surface area contributed by atoms with Gasteiger partial charge in [-0.25, -0.2) is 4.79 Å². The number of fused-ring (bicyclic) bond motifs is 2. The molecule has 3 N–H and O–H groups in total. The fourth-order valence-electron chi connectivity index (χ4n) is 12.3. The molecule has 7 rings (SSSR count). The monoisotopic (exact) mass is 725 g/mol. The summed E-state index contributed by atoms with van der Waals surface area (Å²) in [6.45, 7) is 4.68. The van der Waals surface area contributed by atoms with Gasteiger partial charge in [0.25, 0.3) is 0 Å². The van der Waals surface area contributed by atoms with Crippen molar-refractivity contribution >= 4 is 28.9 Å². The molecule has 0 radical (unpaired) electrons. The Morgan fingerprint density at radius 2 is 1.70 bits per heavy atom. The van der Waals surface area contributed by atoms with Gasteiger partial charge in [-0.1, -0.05) is 25.1 Å². The van der Waals surface area contributed by atoms with Gasteiger partial charge in [-0.2, -0.15) is 0 Å². The molecule has 5 saturated carbocycles. The number of carbonyl (C=O) groups excluding carboxylic acids is 2. The van der Waals surface area contributed by atoms with Crippen molar-refractivity contribution in [2.45, 2.75) is 80.6 Å². The Morgan fingerprint density at radius 1 is 1.00 bits per heavy atom. The molecule has 1 aromatic rings. The number of esters is 2. The van der Waals surface area contributed by atoms with Crippen LogP contribution in [0.15, 0.2) is 30.3 Å². The minimum Gasteiger partial charge on any atom is -0.455 e. The molecule has 0 amide bonds. The zero-order valence-electron chi connectivity index (χ0n) is 27.7.